The van der Waals surface area contributed by atoms with Crippen LogP contribution in [0.5, 0.6) is 5.75 Å². The predicted octanol–water partition coefficient (Wildman–Crippen LogP) is 1.84. The van der Waals surface area contributed by atoms with E-state index in [4.69, 9.17) is 4.74 Å². The number of barbiturate groups is 1. The summed E-state index contributed by atoms with van der Waals surface area (Å²) >= 11 is 0. The highest BCUT2D eigenvalue weighted by Gasteiger charge is 2.62. The molecule has 6 heteroatoms. The van der Waals surface area contributed by atoms with Crippen LogP contribution in [0.4, 0.5) is 10.5 Å². The van der Waals surface area contributed by atoms with E-state index in [0.29, 0.717) is 24.3 Å². The van der Waals surface area contributed by atoms with Gasteiger partial charge >= 0.3 is 6.03 Å². The lowest BCUT2D eigenvalue weighted by Crippen LogP contribution is -2.59. The number of urea groups is 1. The van der Waals surface area contributed by atoms with Crippen molar-refractivity contribution in [3.8, 4) is 5.75 Å². The van der Waals surface area contributed by atoms with Gasteiger partial charge in [-0.05, 0) is 51.0 Å². The summed E-state index contributed by atoms with van der Waals surface area (Å²) in [4.78, 5) is 37.1. The summed E-state index contributed by atoms with van der Waals surface area (Å²) in [5.74, 6) is -0.252. The maximum Gasteiger partial charge on any atom is 0.335 e. The maximum absolute atomic E-state index is 12.4. The van der Waals surface area contributed by atoms with Crippen molar-refractivity contribution in [3.63, 3.8) is 0 Å². The van der Waals surface area contributed by atoms with Crippen molar-refractivity contribution in [2.45, 2.75) is 32.8 Å². The van der Waals surface area contributed by atoms with E-state index in [1.54, 1.807) is 24.3 Å². The summed E-state index contributed by atoms with van der Waals surface area (Å²) in [6.07, 6.45) is 1.04. The molecule has 1 N–H and O–H groups in total. The van der Waals surface area contributed by atoms with Gasteiger partial charge in [0.1, 0.15) is 11.2 Å². The van der Waals surface area contributed by atoms with Gasteiger partial charge in [-0.3, -0.25) is 14.9 Å². The molecule has 21 heavy (non-hydrogen) atoms. The SMILES string of the molecule is CC(C)Oc1ccc(N2C(=O)NC(=O)C3(CC3)C2=O)cc1. The minimum Gasteiger partial charge on any atom is -0.491 e. The molecule has 1 aromatic carbocycles. The molecule has 110 valence electrons. The van der Waals surface area contributed by atoms with E-state index in [-0.39, 0.29) is 6.10 Å². The monoisotopic (exact) mass is 288 g/mol. The first-order valence-corrected chi connectivity index (χ1v) is 6.91. The quantitative estimate of drug-likeness (QED) is 0.861. The molecular weight excluding hydrogens is 272 g/mol. The number of rotatable bonds is 3. The second-order valence-electron chi connectivity index (χ2n) is 5.64. The number of hydrogen-bond donors (Lipinski definition) is 1. The van der Waals surface area contributed by atoms with Gasteiger partial charge in [0.05, 0.1) is 11.8 Å². The zero-order valence-corrected chi connectivity index (χ0v) is 11.9. The summed E-state index contributed by atoms with van der Waals surface area (Å²) in [5.41, 5.74) is -0.589. The third-order valence-corrected chi connectivity index (χ3v) is 3.69. The van der Waals surface area contributed by atoms with Crippen LogP contribution in [0, 0.1) is 5.41 Å². The molecule has 0 atom stereocenters. The number of nitrogens with zero attached hydrogens (tertiary/aromatic N) is 1. The lowest BCUT2D eigenvalue weighted by atomic mass is 10.0. The molecule has 2 fully saturated rings. The number of benzene rings is 1. The van der Waals surface area contributed by atoms with Crippen LogP contribution in [0.1, 0.15) is 26.7 Å². The number of hydrogen-bond acceptors (Lipinski definition) is 4. The number of amides is 4. The van der Waals surface area contributed by atoms with Crippen LogP contribution in [0.3, 0.4) is 0 Å². The van der Waals surface area contributed by atoms with Crippen LogP contribution >= 0.6 is 0 Å². The fourth-order valence-corrected chi connectivity index (χ4v) is 2.42. The Kier molecular flexibility index (Phi) is 2.97. The van der Waals surface area contributed by atoms with E-state index >= 15 is 0 Å². The van der Waals surface area contributed by atoms with E-state index in [1.807, 2.05) is 13.8 Å². The van der Waals surface area contributed by atoms with Crippen molar-refractivity contribution >= 4 is 23.5 Å². The van der Waals surface area contributed by atoms with Crippen molar-refractivity contribution < 1.29 is 19.1 Å². The number of anilines is 1. The lowest BCUT2D eigenvalue weighted by Gasteiger charge is -2.30. The van der Waals surface area contributed by atoms with Crippen LogP contribution in [-0.4, -0.2) is 23.9 Å². The number of nitrogens with one attached hydrogen (secondary N) is 1. The van der Waals surface area contributed by atoms with E-state index in [9.17, 15) is 14.4 Å². The molecule has 4 amide bonds. The highest BCUT2D eigenvalue weighted by Crippen LogP contribution is 2.49. The first kappa shape index (κ1) is 13.6. The second kappa shape index (κ2) is 4.58. The van der Waals surface area contributed by atoms with Crippen LogP contribution in [-0.2, 0) is 9.59 Å². The Balaban J connectivity index is 1.87. The van der Waals surface area contributed by atoms with Gasteiger partial charge in [0.2, 0.25) is 5.91 Å². The van der Waals surface area contributed by atoms with E-state index in [0.717, 1.165) is 4.90 Å². The molecule has 2 aliphatic rings. The molecule has 1 aromatic rings. The van der Waals surface area contributed by atoms with E-state index in [2.05, 4.69) is 5.32 Å². The van der Waals surface area contributed by atoms with Gasteiger partial charge in [0.15, 0.2) is 0 Å². The molecular formula is C15H16N2O4. The van der Waals surface area contributed by atoms with Crippen LogP contribution in [0.2, 0.25) is 0 Å². The van der Waals surface area contributed by atoms with E-state index < -0.39 is 23.3 Å². The molecule has 1 saturated heterocycles. The largest absolute Gasteiger partial charge is 0.491 e. The lowest BCUT2D eigenvalue weighted by molar-refractivity contribution is -0.136. The summed E-state index contributed by atoms with van der Waals surface area (Å²) in [6.45, 7) is 3.83. The summed E-state index contributed by atoms with van der Waals surface area (Å²) in [7, 11) is 0. The molecule has 1 spiro atoms. The molecule has 6 nitrogen and oxygen atoms in total. The highest BCUT2D eigenvalue weighted by molar-refractivity contribution is 6.31. The van der Waals surface area contributed by atoms with Gasteiger partial charge in [-0.15, -0.1) is 0 Å². The molecule has 1 saturated carbocycles. The molecule has 0 radical (unpaired) electrons. The van der Waals surface area contributed by atoms with Gasteiger partial charge in [0, 0.05) is 0 Å². The average molecular weight is 288 g/mol. The summed E-state index contributed by atoms with van der Waals surface area (Å²) < 4.78 is 5.52. The average Bonchev–Trinajstić information content (AvgIpc) is 3.20. The zero-order valence-electron chi connectivity index (χ0n) is 11.9. The number of ether oxygens (including phenoxy) is 1. The topological polar surface area (TPSA) is 75.7 Å². The Hall–Kier alpha value is -2.37. The minimum atomic E-state index is -1.03. The van der Waals surface area contributed by atoms with Crippen LogP contribution in [0.25, 0.3) is 0 Å². The Bertz CT molecular complexity index is 617. The standard InChI is InChI=1S/C15H16N2O4/c1-9(2)21-11-5-3-10(4-6-11)17-13(19)15(7-8-15)12(18)16-14(17)20/h3-6,9H,7-8H2,1-2H3,(H,16,18,20). The molecule has 1 aliphatic carbocycles. The highest BCUT2D eigenvalue weighted by atomic mass is 16.5. The third kappa shape index (κ3) is 2.16. The zero-order chi connectivity index (χ0) is 15.2. The van der Waals surface area contributed by atoms with Gasteiger partial charge in [-0.25, -0.2) is 9.69 Å². The molecule has 0 unspecified atom stereocenters. The van der Waals surface area contributed by atoms with Crippen molar-refractivity contribution in [3.05, 3.63) is 24.3 Å². The summed E-state index contributed by atoms with van der Waals surface area (Å²) in [5, 5.41) is 2.25. The van der Waals surface area contributed by atoms with Crippen LogP contribution in [0.15, 0.2) is 24.3 Å². The molecule has 0 aromatic heterocycles. The first-order chi connectivity index (χ1) is 9.94. The maximum atomic E-state index is 12.4. The van der Waals surface area contributed by atoms with Gasteiger partial charge in [-0.1, -0.05) is 0 Å². The van der Waals surface area contributed by atoms with Crippen molar-refractivity contribution in [1.82, 2.24) is 5.32 Å². The normalized spacial score (nSPS) is 20.0. The fraction of sp³-hybridized carbons (Fsp3) is 0.400. The fourth-order valence-electron chi connectivity index (χ4n) is 2.42. The van der Waals surface area contributed by atoms with Gasteiger partial charge in [-0.2, -0.15) is 0 Å². The smallest absolute Gasteiger partial charge is 0.335 e. The van der Waals surface area contributed by atoms with Crippen molar-refractivity contribution in [2.75, 3.05) is 4.90 Å². The second-order valence-corrected chi connectivity index (χ2v) is 5.64. The number of carbonyl (C=O) groups is 3. The Morgan fingerprint density at radius 1 is 1.14 bits per heavy atom. The van der Waals surface area contributed by atoms with Crippen LogP contribution < -0.4 is 15.0 Å². The number of carbonyl (C=O) groups excluding carboxylic acids is 3. The minimum absolute atomic E-state index is 0.0446. The Labute approximate surface area is 122 Å². The number of imide groups is 2. The van der Waals surface area contributed by atoms with Gasteiger partial charge in [0.25, 0.3) is 5.91 Å². The summed E-state index contributed by atoms with van der Waals surface area (Å²) in [6, 6.07) is 5.99. The Morgan fingerprint density at radius 3 is 2.29 bits per heavy atom. The predicted molar refractivity (Wildman–Crippen MR) is 74.9 cm³/mol. The molecule has 1 aliphatic heterocycles. The molecule has 0 bridgehead atoms. The Morgan fingerprint density at radius 2 is 1.76 bits per heavy atom. The molecule has 3 rings (SSSR count). The van der Waals surface area contributed by atoms with Crippen molar-refractivity contribution in [1.29, 1.82) is 0 Å². The molecule has 1 heterocycles. The third-order valence-electron chi connectivity index (χ3n) is 3.69. The first-order valence-electron chi connectivity index (χ1n) is 6.91. The van der Waals surface area contributed by atoms with Gasteiger partial charge < -0.3 is 4.74 Å². The van der Waals surface area contributed by atoms with E-state index in [1.165, 1.54) is 0 Å². The van der Waals surface area contributed by atoms with Crippen molar-refractivity contribution in [2.24, 2.45) is 5.41 Å².